The maximum atomic E-state index is 11.7. The molecule has 1 aliphatic heterocycles. The van der Waals surface area contributed by atoms with Crippen molar-refractivity contribution in [3.05, 3.63) is 29.8 Å². The van der Waals surface area contributed by atoms with E-state index in [-0.39, 0.29) is 17.7 Å². The number of hydrogen-bond acceptors (Lipinski definition) is 4. The smallest absolute Gasteiger partial charge is 0.239 e. The number of amides is 1. The van der Waals surface area contributed by atoms with Gasteiger partial charge in [0.1, 0.15) is 11.8 Å². The molecule has 0 spiro atoms. The number of hydrogen-bond donors (Lipinski definition) is 3. The first kappa shape index (κ1) is 11.9. The van der Waals surface area contributed by atoms with Crippen molar-refractivity contribution in [1.29, 1.82) is 0 Å². The van der Waals surface area contributed by atoms with Gasteiger partial charge in [0.15, 0.2) is 0 Å². The Balaban J connectivity index is 1.85. The number of carbonyl (C=O) groups is 1. The van der Waals surface area contributed by atoms with E-state index in [0.717, 1.165) is 0 Å². The monoisotopic (exact) mass is 236 g/mol. The van der Waals surface area contributed by atoms with Crippen molar-refractivity contribution in [3.8, 4) is 5.75 Å². The summed E-state index contributed by atoms with van der Waals surface area (Å²) in [5.41, 5.74) is 0.706. The van der Waals surface area contributed by atoms with Crippen LogP contribution in [-0.4, -0.2) is 36.8 Å². The molecule has 3 N–H and O–H groups in total. The molecule has 1 aliphatic rings. The Hall–Kier alpha value is -1.59. The van der Waals surface area contributed by atoms with E-state index in [0.29, 0.717) is 31.9 Å². The quantitative estimate of drug-likeness (QED) is 0.690. The van der Waals surface area contributed by atoms with E-state index in [1.54, 1.807) is 18.2 Å². The van der Waals surface area contributed by atoms with Crippen LogP contribution >= 0.6 is 0 Å². The van der Waals surface area contributed by atoms with Gasteiger partial charge in [0.25, 0.3) is 0 Å². The van der Waals surface area contributed by atoms with Gasteiger partial charge in [0.2, 0.25) is 5.91 Å². The van der Waals surface area contributed by atoms with Gasteiger partial charge in [0.05, 0.1) is 13.2 Å². The van der Waals surface area contributed by atoms with Crippen LogP contribution < -0.4 is 10.6 Å². The number of benzene rings is 1. The largest absolute Gasteiger partial charge is 0.508 e. The second-order valence-corrected chi connectivity index (χ2v) is 3.93. The molecule has 0 bridgehead atoms. The minimum absolute atomic E-state index is 0.104. The number of carbonyl (C=O) groups excluding carboxylic acids is 1. The molecule has 0 saturated carbocycles. The molecule has 17 heavy (non-hydrogen) atoms. The fourth-order valence-corrected chi connectivity index (χ4v) is 1.70. The van der Waals surface area contributed by atoms with Crippen LogP contribution in [0.5, 0.6) is 5.75 Å². The van der Waals surface area contributed by atoms with Crippen molar-refractivity contribution in [2.24, 2.45) is 0 Å². The van der Waals surface area contributed by atoms with E-state index in [4.69, 9.17) is 4.74 Å². The van der Waals surface area contributed by atoms with Gasteiger partial charge in [0, 0.05) is 18.7 Å². The van der Waals surface area contributed by atoms with Crippen molar-refractivity contribution < 1.29 is 14.6 Å². The first-order valence-corrected chi connectivity index (χ1v) is 5.63. The van der Waals surface area contributed by atoms with E-state index in [1.807, 2.05) is 6.07 Å². The van der Waals surface area contributed by atoms with Crippen molar-refractivity contribution in [2.45, 2.75) is 12.6 Å². The van der Waals surface area contributed by atoms with Crippen LogP contribution in [0.15, 0.2) is 24.3 Å². The summed E-state index contributed by atoms with van der Waals surface area (Å²) in [7, 11) is 0. The molecule has 92 valence electrons. The average molecular weight is 236 g/mol. The first-order chi connectivity index (χ1) is 8.27. The minimum atomic E-state index is -0.297. The maximum absolute atomic E-state index is 11.7. The molecule has 1 saturated heterocycles. The highest BCUT2D eigenvalue weighted by atomic mass is 16.5. The van der Waals surface area contributed by atoms with E-state index < -0.39 is 0 Å². The van der Waals surface area contributed by atoms with Gasteiger partial charge in [-0.1, -0.05) is 18.2 Å². The van der Waals surface area contributed by atoms with E-state index in [2.05, 4.69) is 10.6 Å². The van der Waals surface area contributed by atoms with Crippen LogP contribution in [0.2, 0.25) is 0 Å². The van der Waals surface area contributed by atoms with Crippen LogP contribution in [0.3, 0.4) is 0 Å². The van der Waals surface area contributed by atoms with Crippen LogP contribution in [0, 0.1) is 0 Å². The van der Waals surface area contributed by atoms with Crippen LogP contribution in [-0.2, 0) is 16.1 Å². The molecule has 2 rings (SSSR count). The molecule has 1 unspecified atom stereocenters. The lowest BCUT2D eigenvalue weighted by Gasteiger charge is -2.22. The zero-order valence-corrected chi connectivity index (χ0v) is 9.48. The van der Waals surface area contributed by atoms with Gasteiger partial charge in [-0.2, -0.15) is 0 Å². The van der Waals surface area contributed by atoms with E-state index in [9.17, 15) is 9.90 Å². The number of phenolic OH excluding ortho intramolecular Hbond substituents is 1. The minimum Gasteiger partial charge on any atom is -0.508 e. The number of rotatable bonds is 3. The topological polar surface area (TPSA) is 70.6 Å². The van der Waals surface area contributed by atoms with Crippen molar-refractivity contribution in [1.82, 2.24) is 10.6 Å². The molecule has 0 aromatic heterocycles. The molecule has 1 aromatic carbocycles. The average Bonchev–Trinajstić information content (AvgIpc) is 2.38. The van der Waals surface area contributed by atoms with Crippen LogP contribution in [0.4, 0.5) is 0 Å². The Labute approximate surface area is 99.8 Å². The zero-order valence-electron chi connectivity index (χ0n) is 9.48. The summed E-state index contributed by atoms with van der Waals surface area (Å²) in [6.07, 6.45) is 0. The molecule has 1 fully saturated rings. The summed E-state index contributed by atoms with van der Waals surface area (Å²) in [5, 5.41) is 15.4. The van der Waals surface area contributed by atoms with Gasteiger partial charge in [-0.15, -0.1) is 0 Å². The summed E-state index contributed by atoms with van der Waals surface area (Å²) in [5.74, 6) is 0.0913. The Bertz CT molecular complexity index is 389. The van der Waals surface area contributed by atoms with Crippen molar-refractivity contribution >= 4 is 5.91 Å². The molecule has 0 aliphatic carbocycles. The molecule has 5 nitrogen and oxygen atoms in total. The highest BCUT2D eigenvalue weighted by Crippen LogP contribution is 2.14. The van der Waals surface area contributed by atoms with Gasteiger partial charge >= 0.3 is 0 Å². The highest BCUT2D eigenvalue weighted by Gasteiger charge is 2.20. The van der Waals surface area contributed by atoms with Crippen LogP contribution in [0.25, 0.3) is 0 Å². The van der Waals surface area contributed by atoms with E-state index >= 15 is 0 Å². The fraction of sp³-hybridized carbons (Fsp3) is 0.417. The lowest BCUT2D eigenvalue weighted by atomic mass is 10.2. The Kier molecular flexibility index (Phi) is 3.95. The lowest BCUT2D eigenvalue weighted by molar-refractivity contribution is -0.126. The molecule has 1 atom stereocenters. The number of morpholine rings is 1. The number of ether oxygens (including phenoxy) is 1. The predicted octanol–water partition coefficient (Wildman–Crippen LogP) is -0.00320. The summed E-state index contributed by atoms with van der Waals surface area (Å²) in [6.45, 7) is 2.05. The third-order valence-electron chi connectivity index (χ3n) is 2.68. The molecular weight excluding hydrogens is 220 g/mol. The van der Waals surface area contributed by atoms with Gasteiger partial charge < -0.3 is 20.5 Å². The summed E-state index contributed by atoms with van der Waals surface area (Å²) < 4.78 is 5.21. The summed E-state index contributed by atoms with van der Waals surface area (Å²) in [4.78, 5) is 11.7. The summed E-state index contributed by atoms with van der Waals surface area (Å²) >= 11 is 0. The highest BCUT2D eigenvalue weighted by molar-refractivity contribution is 5.82. The fourth-order valence-electron chi connectivity index (χ4n) is 1.70. The number of aromatic hydroxyl groups is 1. The maximum Gasteiger partial charge on any atom is 0.239 e. The molecule has 1 amide bonds. The molecular formula is C12H16N2O3. The summed E-state index contributed by atoms with van der Waals surface area (Å²) in [6, 6.07) is 6.65. The normalized spacial score (nSPS) is 19.9. The number of para-hydroxylation sites is 1. The first-order valence-electron chi connectivity index (χ1n) is 5.63. The van der Waals surface area contributed by atoms with Gasteiger partial charge in [-0.25, -0.2) is 0 Å². The predicted molar refractivity (Wildman–Crippen MR) is 62.6 cm³/mol. The molecule has 5 heteroatoms. The third kappa shape index (κ3) is 3.18. The Morgan fingerprint density at radius 3 is 3.06 bits per heavy atom. The van der Waals surface area contributed by atoms with Crippen molar-refractivity contribution in [2.75, 3.05) is 19.8 Å². The second-order valence-electron chi connectivity index (χ2n) is 3.93. The SMILES string of the molecule is O=C(NCc1ccccc1O)C1COCCN1. The second kappa shape index (κ2) is 5.65. The Morgan fingerprint density at radius 2 is 2.35 bits per heavy atom. The third-order valence-corrected chi connectivity index (χ3v) is 2.68. The standard InChI is InChI=1S/C12H16N2O3/c15-11-4-2-1-3-9(11)7-14-12(16)10-8-17-6-5-13-10/h1-4,10,13,15H,5-8H2,(H,14,16). The molecule has 1 heterocycles. The number of phenols is 1. The van der Waals surface area contributed by atoms with Gasteiger partial charge in [-0.05, 0) is 6.07 Å². The molecule has 0 radical (unpaired) electrons. The van der Waals surface area contributed by atoms with E-state index in [1.165, 1.54) is 0 Å². The lowest BCUT2D eigenvalue weighted by Crippen LogP contribution is -2.51. The zero-order chi connectivity index (χ0) is 12.1. The van der Waals surface area contributed by atoms with Crippen molar-refractivity contribution in [3.63, 3.8) is 0 Å². The Morgan fingerprint density at radius 1 is 1.53 bits per heavy atom. The van der Waals surface area contributed by atoms with Crippen LogP contribution in [0.1, 0.15) is 5.56 Å². The van der Waals surface area contributed by atoms with Gasteiger partial charge in [-0.3, -0.25) is 4.79 Å². The molecule has 1 aromatic rings. The number of nitrogens with one attached hydrogen (secondary N) is 2.